The van der Waals surface area contributed by atoms with Crippen LogP contribution in [0.2, 0.25) is 4.34 Å². The molecule has 0 radical (unpaired) electrons. The normalized spacial score (nSPS) is 13.2. The van der Waals surface area contributed by atoms with Crippen LogP contribution < -0.4 is 5.32 Å². The molecule has 4 heteroatoms. The maximum absolute atomic E-state index is 8.95. The maximum Gasteiger partial charge on any atom is 0.0931 e. The van der Waals surface area contributed by atoms with Gasteiger partial charge in [0, 0.05) is 18.0 Å². The van der Waals surface area contributed by atoms with E-state index in [0.29, 0.717) is 6.54 Å². The first kappa shape index (κ1) is 9.99. The number of aliphatic hydroxyl groups is 1. The van der Waals surface area contributed by atoms with Crippen molar-refractivity contribution in [3.63, 3.8) is 0 Å². The summed E-state index contributed by atoms with van der Waals surface area (Å²) in [6.45, 7) is 3.16. The molecule has 1 aromatic heterocycles. The SMILES string of the molecule is C[C@@H](O)CNCc1ccc(Cl)s1. The van der Waals surface area contributed by atoms with Crippen LogP contribution in [0.25, 0.3) is 0 Å². The van der Waals surface area contributed by atoms with Gasteiger partial charge in [-0.25, -0.2) is 0 Å². The van der Waals surface area contributed by atoms with E-state index < -0.39 is 0 Å². The Balaban J connectivity index is 2.24. The van der Waals surface area contributed by atoms with Crippen LogP contribution >= 0.6 is 22.9 Å². The molecule has 1 heterocycles. The van der Waals surface area contributed by atoms with Crippen molar-refractivity contribution in [2.24, 2.45) is 0 Å². The molecule has 1 rings (SSSR count). The Morgan fingerprint density at radius 3 is 2.92 bits per heavy atom. The van der Waals surface area contributed by atoms with Crippen molar-refractivity contribution >= 4 is 22.9 Å². The lowest BCUT2D eigenvalue weighted by Gasteiger charge is -2.04. The molecule has 1 atom stereocenters. The Morgan fingerprint density at radius 1 is 1.67 bits per heavy atom. The summed E-state index contributed by atoms with van der Waals surface area (Å²) in [6.07, 6.45) is -0.291. The second-order valence-electron chi connectivity index (χ2n) is 2.69. The third kappa shape index (κ3) is 3.54. The molecule has 0 bridgehead atoms. The molecule has 0 fully saturated rings. The Hall–Kier alpha value is -0.0900. The second-order valence-corrected chi connectivity index (χ2v) is 4.49. The highest BCUT2D eigenvalue weighted by Crippen LogP contribution is 2.20. The summed E-state index contributed by atoms with van der Waals surface area (Å²) in [5, 5.41) is 12.1. The van der Waals surface area contributed by atoms with Gasteiger partial charge < -0.3 is 10.4 Å². The third-order valence-corrected chi connectivity index (χ3v) is 2.60. The molecular weight excluding hydrogens is 194 g/mol. The molecule has 0 amide bonds. The molecule has 68 valence electrons. The number of hydrogen-bond acceptors (Lipinski definition) is 3. The number of nitrogens with one attached hydrogen (secondary N) is 1. The highest BCUT2D eigenvalue weighted by atomic mass is 35.5. The molecule has 0 aliphatic carbocycles. The number of halogens is 1. The lowest BCUT2D eigenvalue weighted by Crippen LogP contribution is -2.23. The Kier molecular flexibility index (Phi) is 4.01. The van der Waals surface area contributed by atoms with Crippen LogP contribution in [0.3, 0.4) is 0 Å². The van der Waals surface area contributed by atoms with Gasteiger partial charge in [0.1, 0.15) is 0 Å². The average Bonchev–Trinajstić information content (AvgIpc) is 2.35. The van der Waals surface area contributed by atoms with Crippen LogP contribution in [-0.2, 0) is 6.54 Å². The van der Waals surface area contributed by atoms with Gasteiger partial charge in [0.05, 0.1) is 10.4 Å². The third-order valence-electron chi connectivity index (χ3n) is 1.37. The molecule has 2 N–H and O–H groups in total. The molecule has 0 aliphatic heterocycles. The van der Waals surface area contributed by atoms with Crippen molar-refractivity contribution < 1.29 is 5.11 Å². The van der Waals surface area contributed by atoms with Gasteiger partial charge in [0.25, 0.3) is 0 Å². The van der Waals surface area contributed by atoms with Crippen LogP contribution in [0, 0.1) is 0 Å². The molecule has 0 unspecified atom stereocenters. The van der Waals surface area contributed by atoms with E-state index in [9.17, 15) is 0 Å². The van der Waals surface area contributed by atoms with E-state index in [1.807, 2.05) is 12.1 Å². The number of hydrogen-bond donors (Lipinski definition) is 2. The first-order chi connectivity index (χ1) is 5.68. The summed E-state index contributed by atoms with van der Waals surface area (Å²) in [7, 11) is 0. The monoisotopic (exact) mass is 205 g/mol. The molecule has 0 aromatic carbocycles. The Morgan fingerprint density at radius 2 is 2.42 bits per heavy atom. The summed E-state index contributed by atoms with van der Waals surface area (Å²) in [6, 6.07) is 3.87. The minimum atomic E-state index is -0.291. The zero-order valence-corrected chi connectivity index (χ0v) is 8.45. The van der Waals surface area contributed by atoms with Gasteiger partial charge in [-0.2, -0.15) is 0 Å². The first-order valence-corrected chi connectivity index (χ1v) is 5.01. The molecular formula is C8H12ClNOS. The Bertz CT molecular complexity index is 237. The van der Waals surface area contributed by atoms with Gasteiger partial charge in [-0.15, -0.1) is 11.3 Å². The van der Waals surface area contributed by atoms with Crippen molar-refractivity contribution in [3.05, 3.63) is 21.3 Å². The fourth-order valence-electron chi connectivity index (χ4n) is 0.851. The van der Waals surface area contributed by atoms with Crippen LogP contribution in [0.4, 0.5) is 0 Å². The fourth-order valence-corrected chi connectivity index (χ4v) is 1.91. The minimum absolute atomic E-state index is 0.291. The van der Waals surface area contributed by atoms with Gasteiger partial charge in [0.15, 0.2) is 0 Å². The molecule has 0 spiro atoms. The summed E-state index contributed by atoms with van der Waals surface area (Å²) >= 11 is 7.30. The van der Waals surface area contributed by atoms with E-state index in [2.05, 4.69) is 5.32 Å². The topological polar surface area (TPSA) is 32.3 Å². The zero-order chi connectivity index (χ0) is 8.97. The van der Waals surface area contributed by atoms with E-state index in [4.69, 9.17) is 16.7 Å². The predicted octanol–water partition coefficient (Wildman–Crippen LogP) is 1.87. The van der Waals surface area contributed by atoms with Crippen molar-refractivity contribution in [1.82, 2.24) is 5.32 Å². The van der Waals surface area contributed by atoms with Crippen molar-refractivity contribution in [2.75, 3.05) is 6.54 Å². The van der Waals surface area contributed by atoms with Gasteiger partial charge in [0.2, 0.25) is 0 Å². The quantitative estimate of drug-likeness (QED) is 0.787. The van der Waals surface area contributed by atoms with Crippen LogP contribution in [0.5, 0.6) is 0 Å². The van der Waals surface area contributed by atoms with Gasteiger partial charge in [-0.05, 0) is 19.1 Å². The van der Waals surface area contributed by atoms with E-state index in [1.54, 1.807) is 18.3 Å². The van der Waals surface area contributed by atoms with Gasteiger partial charge >= 0.3 is 0 Å². The van der Waals surface area contributed by atoms with Crippen LogP contribution in [0.15, 0.2) is 12.1 Å². The summed E-state index contributed by atoms with van der Waals surface area (Å²) in [4.78, 5) is 1.20. The van der Waals surface area contributed by atoms with Crippen LogP contribution in [-0.4, -0.2) is 17.8 Å². The first-order valence-electron chi connectivity index (χ1n) is 3.81. The van der Waals surface area contributed by atoms with E-state index in [0.717, 1.165) is 10.9 Å². The van der Waals surface area contributed by atoms with Crippen molar-refractivity contribution in [1.29, 1.82) is 0 Å². The fraction of sp³-hybridized carbons (Fsp3) is 0.500. The van der Waals surface area contributed by atoms with Crippen LogP contribution in [0.1, 0.15) is 11.8 Å². The largest absolute Gasteiger partial charge is 0.392 e. The molecule has 12 heavy (non-hydrogen) atoms. The Labute approximate surface area is 81.2 Å². The highest BCUT2D eigenvalue weighted by molar-refractivity contribution is 7.16. The maximum atomic E-state index is 8.95. The number of rotatable bonds is 4. The highest BCUT2D eigenvalue weighted by Gasteiger charge is 1.98. The number of thiophene rings is 1. The standard InChI is InChI=1S/C8H12ClNOS/c1-6(11)4-10-5-7-2-3-8(9)12-7/h2-3,6,10-11H,4-5H2,1H3/t6-/m1/s1. The van der Waals surface area contributed by atoms with Gasteiger partial charge in [-0.3, -0.25) is 0 Å². The van der Waals surface area contributed by atoms with E-state index in [1.165, 1.54) is 4.88 Å². The van der Waals surface area contributed by atoms with Crippen molar-refractivity contribution in [2.45, 2.75) is 19.6 Å². The molecule has 0 saturated carbocycles. The smallest absolute Gasteiger partial charge is 0.0931 e. The van der Waals surface area contributed by atoms with E-state index >= 15 is 0 Å². The van der Waals surface area contributed by atoms with Gasteiger partial charge in [-0.1, -0.05) is 11.6 Å². The molecule has 0 aliphatic rings. The summed E-state index contributed by atoms with van der Waals surface area (Å²) < 4.78 is 0.809. The molecule has 2 nitrogen and oxygen atoms in total. The zero-order valence-electron chi connectivity index (χ0n) is 6.88. The predicted molar refractivity (Wildman–Crippen MR) is 52.7 cm³/mol. The summed E-state index contributed by atoms with van der Waals surface area (Å²) in [5.41, 5.74) is 0. The van der Waals surface area contributed by atoms with Crippen molar-refractivity contribution in [3.8, 4) is 0 Å². The van der Waals surface area contributed by atoms with E-state index in [-0.39, 0.29) is 6.10 Å². The minimum Gasteiger partial charge on any atom is -0.392 e. The number of aliphatic hydroxyl groups excluding tert-OH is 1. The lowest BCUT2D eigenvalue weighted by molar-refractivity contribution is 0.191. The summed E-state index contributed by atoms with van der Waals surface area (Å²) in [5.74, 6) is 0. The lowest BCUT2D eigenvalue weighted by atomic mass is 10.4. The molecule has 1 aromatic rings. The molecule has 0 saturated heterocycles. The second kappa shape index (κ2) is 4.82. The average molecular weight is 206 g/mol.